The second-order valence-electron chi connectivity index (χ2n) is 3.95. The van der Waals surface area contributed by atoms with E-state index in [1.165, 1.54) is 7.11 Å². The summed E-state index contributed by atoms with van der Waals surface area (Å²) in [6.07, 6.45) is 0.294. The van der Waals surface area contributed by atoms with Gasteiger partial charge in [0.05, 0.1) is 13.0 Å². The Morgan fingerprint density at radius 1 is 1.28 bits per heavy atom. The standard InChI is InChI=1S/C13H16O4S/c1-9(13(15)16-2)8-17-11-5-3-10(4-6-11)7-12(14)18/h3-6,9H,7-8H2,1-2H3,(H,14,18). The van der Waals surface area contributed by atoms with Crippen molar-refractivity contribution in [3.8, 4) is 5.75 Å². The van der Waals surface area contributed by atoms with Gasteiger partial charge in [-0.3, -0.25) is 9.59 Å². The first-order valence-corrected chi connectivity index (χ1v) is 5.99. The SMILES string of the molecule is COC(=O)C(C)COc1ccc(CC(=O)S)cc1. The van der Waals surface area contributed by atoms with Crippen molar-refractivity contribution in [3.63, 3.8) is 0 Å². The lowest BCUT2D eigenvalue weighted by Crippen LogP contribution is -2.19. The third-order valence-corrected chi connectivity index (χ3v) is 2.54. The molecule has 1 rings (SSSR count). The summed E-state index contributed by atoms with van der Waals surface area (Å²) < 4.78 is 10.0. The van der Waals surface area contributed by atoms with Gasteiger partial charge in [-0.25, -0.2) is 0 Å². The topological polar surface area (TPSA) is 52.6 Å². The van der Waals surface area contributed by atoms with Gasteiger partial charge in [0.15, 0.2) is 5.12 Å². The molecule has 5 heteroatoms. The first kappa shape index (κ1) is 14.6. The molecule has 0 radical (unpaired) electrons. The summed E-state index contributed by atoms with van der Waals surface area (Å²) in [4.78, 5) is 22.0. The molecule has 0 aliphatic heterocycles. The predicted octanol–water partition coefficient (Wildman–Crippen LogP) is 1.87. The molecule has 0 heterocycles. The van der Waals surface area contributed by atoms with Crippen LogP contribution in [0.1, 0.15) is 12.5 Å². The van der Waals surface area contributed by atoms with Crippen LogP contribution in [0.5, 0.6) is 5.75 Å². The van der Waals surface area contributed by atoms with Gasteiger partial charge >= 0.3 is 5.97 Å². The van der Waals surface area contributed by atoms with Crippen LogP contribution < -0.4 is 4.74 Å². The average molecular weight is 268 g/mol. The number of hydrogen-bond acceptors (Lipinski definition) is 4. The third kappa shape index (κ3) is 4.79. The van der Waals surface area contributed by atoms with E-state index in [4.69, 9.17) is 4.74 Å². The molecule has 0 spiro atoms. The first-order valence-electron chi connectivity index (χ1n) is 5.54. The number of esters is 1. The van der Waals surface area contributed by atoms with E-state index in [-0.39, 0.29) is 23.6 Å². The molecule has 0 saturated heterocycles. The zero-order valence-electron chi connectivity index (χ0n) is 10.4. The van der Waals surface area contributed by atoms with Crippen molar-refractivity contribution in [1.82, 2.24) is 0 Å². The van der Waals surface area contributed by atoms with Gasteiger partial charge in [-0.15, -0.1) is 12.6 Å². The van der Waals surface area contributed by atoms with E-state index in [1.54, 1.807) is 31.2 Å². The summed E-state index contributed by atoms with van der Waals surface area (Å²) in [6.45, 7) is 2.00. The van der Waals surface area contributed by atoms with E-state index in [0.717, 1.165) is 5.56 Å². The Balaban J connectivity index is 2.48. The lowest BCUT2D eigenvalue weighted by atomic mass is 10.1. The van der Waals surface area contributed by atoms with Crippen molar-refractivity contribution in [2.75, 3.05) is 13.7 Å². The number of rotatable bonds is 6. The van der Waals surface area contributed by atoms with Crippen LogP contribution in [0.2, 0.25) is 0 Å². The molecule has 18 heavy (non-hydrogen) atoms. The van der Waals surface area contributed by atoms with Crippen molar-refractivity contribution in [1.29, 1.82) is 0 Å². The maximum absolute atomic E-state index is 11.2. The van der Waals surface area contributed by atoms with Crippen molar-refractivity contribution in [2.45, 2.75) is 13.3 Å². The van der Waals surface area contributed by atoms with E-state index in [1.807, 2.05) is 0 Å². The third-order valence-electron chi connectivity index (χ3n) is 2.38. The highest BCUT2D eigenvalue weighted by molar-refractivity contribution is 7.96. The zero-order chi connectivity index (χ0) is 13.5. The smallest absolute Gasteiger partial charge is 0.311 e. The van der Waals surface area contributed by atoms with Crippen LogP contribution in [0.15, 0.2) is 24.3 Å². The minimum Gasteiger partial charge on any atom is -0.493 e. The second kappa shape index (κ2) is 7.06. The monoisotopic (exact) mass is 268 g/mol. The van der Waals surface area contributed by atoms with Crippen molar-refractivity contribution < 1.29 is 19.1 Å². The number of thiol groups is 1. The first-order chi connectivity index (χ1) is 8.52. The molecule has 1 aromatic rings. The summed E-state index contributed by atoms with van der Waals surface area (Å²) in [6, 6.07) is 7.12. The highest BCUT2D eigenvalue weighted by atomic mass is 32.1. The molecule has 0 aromatic heterocycles. The van der Waals surface area contributed by atoms with Gasteiger partial charge in [-0.2, -0.15) is 0 Å². The Bertz CT molecular complexity index is 414. The highest BCUT2D eigenvalue weighted by Gasteiger charge is 2.13. The highest BCUT2D eigenvalue weighted by Crippen LogP contribution is 2.14. The molecule has 1 aromatic carbocycles. The van der Waals surface area contributed by atoms with Gasteiger partial charge in [-0.1, -0.05) is 12.1 Å². The Labute approximate surface area is 112 Å². The quantitative estimate of drug-likeness (QED) is 0.632. The van der Waals surface area contributed by atoms with Crippen molar-refractivity contribution in [3.05, 3.63) is 29.8 Å². The normalized spacial score (nSPS) is 11.7. The minimum absolute atomic E-state index is 0.178. The lowest BCUT2D eigenvalue weighted by molar-refractivity contribution is -0.145. The number of carbonyl (C=O) groups excluding carboxylic acids is 2. The van der Waals surface area contributed by atoms with Crippen molar-refractivity contribution >= 4 is 23.7 Å². The minimum atomic E-state index is -0.311. The Morgan fingerprint density at radius 2 is 1.89 bits per heavy atom. The average Bonchev–Trinajstić information content (AvgIpc) is 2.36. The summed E-state index contributed by atoms with van der Waals surface area (Å²) >= 11 is 3.72. The van der Waals surface area contributed by atoms with Gasteiger partial charge < -0.3 is 9.47 Å². The molecule has 1 atom stereocenters. The summed E-state index contributed by atoms with van der Waals surface area (Å²) in [5, 5.41) is -0.178. The molecule has 0 N–H and O–H groups in total. The van der Waals surface area contributed by atoms with Crippen LogP contribution in [-0.2, 0) is 20.7 Å². The fraction of sp³-hybridized carbons (Fsp3) is 0.385. The number of carbonyl (C=O) groups is 2. The van der Waals surface area contributed by atoms with Gasteiger partial charge in [0.1, 0.15) is 12.4 Å². The Morgan fingerprint density at radius 3 is 2.39 bits per heavy atom. The molecule has 0 fully saturated rings. The molecule has 98 valence electrons. The van der Waals surface area contributed by atoms with Crippen molar-refractivity contribution in [2.24, 2.45) is 5.92 Å². The van der Waals surface area contributed by atoms with Crippen LogP contribution in [0, 0.1) is 5.92 Å². The van der Waals surface area contributed by atoms with Crippen LogP contribution in [-0.4, -0.2) is 24.8 Å². The Kier molecular flexibility index (Phi) is 5.71. The molecule has 0 aliphatic carbocycles. The van der Waals surface area contributed by atoms with Gasteiger partial charge in [0, 0.05) is 6.42 Å². The maximum atomic E-state index is 11.2. The van der Waals surface area contributed by atoms with E-state index in [2.05, 4.69) is 17.4 Å². The molecule has 0 aliphatic rings. The summed E-state index contributed by atoms with van der Waals surface area (Å²) in [5.74, 6) is 0.0436. The van der Waals surface area contributed by atoms with Crippen LogP contribution in [0.4, 0.5) is 0 Å². The van der Waals surface area contributed by atoms with Gasteiger partial charge in [0.2, 0.25) is 0 Å². The maximum Gasteiger partial charge on any atom is 0.311 e. The molecule has 0 amide bonds. The lowest BCUT2D eigenvalue weighted by Gasteiger charge is -2.11. The number of ether oxygens (including phenoxy) is 2. The summed E-state index contributed by atoms with van der Waals surface area (Å²) in [7, 11) is 1.35. The molecule has 0 bridgehead atoms. The van der Waals surface area contributed by atoms with E-state index in [9.17, 15) is 9.59 Å². The van der Waals surface area contributed by atoms with Crippen LogP contribution in [0.3, 0.4) is 0 Å². The Hall–Kier alpha value is -1.49. The number of benzene rings is 1. The predicted molar refractivity (Wildman–Crippen MR) is 70.8 cm³/mol. The molecule has 1 unspecified atom stereocenters. The molecule has 4 nitrogen and oxygen atoms in total. The van der Waals surface area contributed by atoms with Crippen LogP contribution in [0.25, 0.3) is 0 Å². The largest absolute Gasteiger partial charge is 0.493 e. The fourth-order valence-electron chi connectivity index (χ4n) is 1.37. The fourth-order valence-corrected chi connectivity index (χ4v) is 1.55. The van der Waals surface area contributed by atoms with Gasteiger partial charge in [0.25, 0.3) is 0 Å². The molecular formula is C13H16O4S. The second-order valence-corrected chi connectivity index (χ2v) is 4.45. The van der Waals surface area contributed by atoms with E-state index < -0.39 is 0 Å². The number of hydrogen-bond donors (Lipinski definition) is 1. The van der Waals surface area contributed by atoms with E-state index in [0.29, 0.717) is 12.2 Å². The van der Waals surface area contributed by atoms with Gasteiger partial charge in [-0.05, 0) is 24.6 Å². The molecular weight excluding hydrogens is 252 g/mol. The molecule has 0 saturated carbocycles. The van der Waals surface area contributed by atoms with Crippen LogP contribution >= 0.6 is 12.6 Å². The summed E-state index contributed by atoms with van der Waals surface area (Å²) in [5.41, 5.74) is 0.878. The number of methoxy groups -OCH3 is 1. The zero-order valence-corrected chi connectivity index (χ0v) is 11.3. The van der Waals surface area contributed by atoms with E-state index >= 15 is 0 Å².